The minimum absolute atomic E-state index is 0.159. The normalized spacial score (nSPS) is 11.2. The lowest BCUT2D eigenvalue weighted by atomic mass is 10.2. The molecule has 0 atom stereocenters. The minimum Gasteiger partial charge on any atom is -0.493 e. The summed E-state index contributed by atoms with van der Waals surface area (Å²) in [5, 5.41) is 0. The highest BCUT2D eigenvalue weighted by atomic mass is 79.9. The SMILES string of the molecule is CC(C)(C)OC(=O)CCOc1ccc(F)c(Br)c1. The van der Waals surface area contributed by atoms with Gasteiger partial charge in [0.2, 0.25) is 0 Å². The van der Waals surface area contributed by atoms with E-state index in [2.05, 4.69) is 15.9 Å². The second-order valence-corrected chi connectivity index (χ2v) is 5.62. The van der Waals surface area contributed by atoms with Gasteiger partial charge in [-0.3, -0.25) is 4.79 Å². The van der Waals surface area contributed by atoms with Gasteiger partial charge in [0.15, 0.2) is 0 Å². The van der Waals surface area contributed by atoms with Crippen molar-refractivity contribution < 1.29 is 18.7 Å². The Morgan fingerprint density at radius 1 is 1.39 bits per heavy atom. The van der Waals surface area contributed by atoms with Gasteiger partial charge >= 0.3 is 5.97 Å². The summed E-state index contributed by atoms with van der Waals surface area (Å²) in [6, 6.07) is 4.33. The van der Waals surface area contributed by atoms with Gasteiger partial charge < -0.3 is 9.47 Å². The molecule has 0 fully saturated rings. The van der Waals surface area contributed by atoms with E-state index in [1.54, 1.807) is 0 Å². The standard InChI is InChI=1S/C13H16BrFO3/c1-13(2,3)18-12(16)6-7-17-9-4-5-11(15)10(14)8-9/h4-5,8H,6-7H2,1-3H3. The van der Waals surface area contributed by atoms with Crippen LogP contribution < -0.4 is 4.74 Å². The average molecular weight is 319 g/mol. The van der Waals surface area contributed by atoms with Crippen LogP contribution in [0, 0.1) is 5.82 Å². The number of ether oxygens (including phenoxy) is 2. The topological polar surface area (TPSA) is 35.5 Å². The number of halogens is 2. The van der Waals surface area contributed by atoms with Crippen LogP contribution in [-0.4, -0.2) is 18.2 Å². The van der Waals surface area contributed by atoms with E-state index in [0.717, 1.165) is 0 Å². The Balaban J connectivity index is 2.38. The highest BCUT2D eigenvalue weighted by Crippen LogP contribution is 2.21. The van der Waals surface area contributed by atoms with Gasteiger partial charge in [0.05, 0.1) is 17.5 Å². The van der Waals surface area contributed by atoms with Crippen LogP contribution in [-0.2, 0) is 9.53 Å². The smallest absolute Gasteiger partial charge is 0.309 e. The average Bonchev–Trinajstić information content (AvgIpc) is 2.20. The molecule has 0 aliphatic carbocycles. The van der Waals surface area contributed by atoms with Crippen LogP contribution in [0.4, 0.5) is 4.39 Å². The molecule has 1 aromatic carbocycles. The summed E-state index contributed by atoms with van der Waals surface area (Å²) < 4.78 is 23.7. The highest BCUT2D eigenvalue weighted by molar-refractivity contribution is 9.10. The van der Waals surface area contributed by atoms with Crippen molar-refractivity contribution in [1.29, 1.82) is 0 Å². The van der Waals surface area contributed by atoms with Crippen LogP contribution in [0.2, 0.25) is 0 Å². The van der Waals surface area contributed by atoms with Gasteiger partial charge in [0, 0.05) is 0 Å². The molecule has 0 aliphatic rings. The molecule has 0 saturated carbocycles. The number of esters is 1. The molecule has 3 nitrogen and oxygen atoms in total. The third kappa shape index (κ3) is 5.49. The van der Waals surface area contributed by atoms with Crippen LogP contribution >= 0.6 is 15.9 Å². The van der Waals surface area contributed by atoms with Crippen molar-refractivity contribution in [2.75, 3.05) is 6.61 Å². The molecule has 100 valence electrons. The molecule has 0 N–H and O–H groups in total. The van der Waals surface area contributed by atoms with Crippen molar-refractivity contribution in [1.82, 2.24) is 0 Å². The van der Waals surface area contributed by atoms with Crippen molar-refractivity contribution in [2.24, 2.45) is 0 Å². The van der Waals surface area contributed by atoms with Crippen LogP contribution in [0.15, 0.2) is 22.7 Å². The second-order valence-electron chi connectivity index (χ2n) is 4.76. The third-order valence-electron chi connectivity index (χ3n) is 1.89. The number of hydrogen-bond acceptors (Lipinski definition) is 3. The molecular weight excluding hydrogens is 303 g/mol. The molecule has 0 saturated heterocycles. The molecule has 0 spiro atoms. The van der Waals surface area contributed by atoms with Gasteiger partial charge in [-0.05, 0) is 54.9 Å². The summed E-state index contributed by atoms with van der Waals surface area (Å²) >= 11 is 3.06. The Labute approximate surface area is 114 Å². The van der Waals surface area contributed by atoms with E-state index in [9.17, 15) is 9.18 Å². The predicted octanol–water partition coefficient (Wildman–Crippen LogP) is 3.70. The molecule has 0 heterocycles. The zero-order chi connectivity index (χ0) is 13.8. The molecule has 0 radical (unpaired) electrons. The summed E-state index contributed by atoms with van der Waals surface area (Å²) in [4.78, 5) is 11.4. The highest BCUT2D eigenvalue weighted by Gasteiger charge is 2.15. The number of hydrogen-bond donors (Lipinski definition) is 0. The number of rotatable bonds is 4. The number of benzene rings is 1. The Morgan fingerprint density at radius 3 is 2.61 bits per heavy atom. The van der Waals surface area contributed by atoms with Crippen LogP contribution in [0.3, 0.4) is 0 Å². The first-order valence-corrected chi connectivity index (χ1v) is 6.37. The van der Waals surface area contributed by atoms with Crippen LogP contribution in [0.5, 0.6) is 5.75 Å². The zero-order valence-electron chi connectivity index (χ0n) is 10.6. The molecule has 0 aromatic heterocycles. The van der Waals surface area contributed by atoms with E-state index < -0.39 is 5.60 Å². The molecule has 1 rings (SSSR count). The predicted molar refractivity (Wildman–Crippen MR) is 70.1 cm³/mol. The lowest BCUT2D eigenvalue weighted by Crippen LogP contribution is -2.24. The van der Waals surface area contributed by atoms with E-state index in [0.29, 0.717) is 10.2 Å². The molecular formula is C13H16BrFO3. The fourth-order valence-corrected chi connectivity index (χ4v) is 1.57. The molecule has 0 amide bonds. The van der Waals surface area contributed by atoms with E-state index >= 15 is 0 Å². The zero-order valence-corrected chi connectivity index (χ0v) is 12.2. The van der Waals surface area contributed by atoms with Gasteiger partial charge in [-0.15, -0.1) is 0 Å². The third-order valence-corrected chi connectivity index (χ3v) is 2.49. The number of carbonyl (C=O) groups excluding carboxylic acids is 1. The quantitative estimate of drug-likeness (QED) is 0.794. The first-order valence-electron chi connectivity index (χ1n) is 5.57. The van der Waals surface area contributed by atoms with Gasteiger partial charge in [0.1, 0.15) is 17.2 Å². The lowest BCUT2D eigenvalue weighted by Gasteiger charge is -2.19. The van der Waals surface area contributed by atoms with Gasteiger partial charge in [-0.2, -0.15) is 0 Å². The fourth-order valence-electron chi connectivity index (χ4n) is 1.21. The maximum Gasteiger partial charge on any atom is 0.309 e. The monoisotopic (exact) mass is 318 g/mol. The lowest BCUT2D eigenvalue weighted by molar-refractivity contribution is -0.155. The summed E-state index contributed by atoms with van der Waals surface area (Å²) in [6.07, 6.45) is 0.159. The Morgan fingerprint density at radius 2 is 2.06 bits per heavy atom. The Kier molecular flexibility index (Phi) is 5.14. The maximum atomic E-state index is 13.0. The van der Waals surface area contributed by atoms with E-state index in [1.165, 1.54) is 18.2 Å². The van der Waals surface area contributed by atoms with Crippen LogP contribution in [0.1, 0.15) is 27.2 Å². The largest absolute Gasteiger partial charge is 0.493 e. The van der Waals surface area contributed by atoms with E-state index in [1.807, 2.05) is 20.8 Å². The first-order chi connectivity index (χ1) is 8.28. The molecule has 0 bridgehead atoms. The van der Waals surface area contributed by atoms with E-state index in [-0.39, 0.29) is 24.8 Å². The van der Waals surface area contributed by atoms with Crippen molar-refractivity contribution in [3.8, 4) is 5.75 Å². The summed E-state index contributed by atoms with van der Waals surface area (Å²) in [7, 11) is 0. The molecule has 1 aromatic rings. The van der Waals surface area contributed by atoms with Crippen molar-refractivity contribution in [3.63, 3.8) is 0 Å². The van der Waals surface area contributed by atoms with Gasteiger partial charge in [-0.25, -0.2) is 4.39 Å². The van der Waals surface area contributed by atoms with Crippen LogP contribution in [0.25, 0.3) is 0 Å². The first kappa shape index (κ1) is 15.0. The summed E-state index contributed by atoms with van der Waals surface area (Å²) in [5.74, 6) is -0.162. The van der Waals surface area contributed by atoms with Gasteiger partial charge in [-0.1, -0.05) is 0 Å². The minimum atomic E-state index is -0.490. The fraction of sp³-hybridized carbons (Fsp3) is 0.462. The Bertz CT molecular complexity index is 427. The molecule has 18 heavy (non-hydrogen) atoms. The Hall–Kier alpha value is -1.10. The van der Waals surface area contributed by atoms with E-state index in [4.69, 9.17) is 9.47 Å². The number of carbonyl (C=O) groups is 1. The summed E-state index contributed by atoms with van der Waals surface area (Å²) in [5.41, 5.74) is -0.490. The van der Waals surface area contributed by atoms with Crippen molar-refractivity contribution in [3.05, 3.63) is 28.5 Å². The molecule has 0 unspecified atom stereocenters. The summed E-state index contributed by atoms with van der Waals surface area (Å²) in [6.45, 7) is 5.63. The maximum absolute atomic E-state index is 13.0. The van der Waals surface area contributed by atoms with Crippen molar-refractivity contribution in [2.45, 2.75) is 32.8 Å². The van der Waals surface area contributed by atoms with Crippen molar-refractivity contribution >= 4 is 21.9 Å². The second kappa shape index (κ2) is 6.18. The molecule has 5 heteroatoms. The molecule has 0 aliphatic heterocycles. The van der Waals surface area contributed by atoms with Gasteiger partial charge in [0.25, 0.3) is 0 Å².